The topological polar surface area (TPSA) is 55.4 Å². The zero-order valence-corrected chi connectivity index (χ0v) is 13.4. The van der Waals surface area contributed by atoms with Crippen molar-refractivity contribution in [3.05, 3.63) is 34.9 Å². The first-order valence-electron chi connectivity index (χ1n) is 7.80. The molecule has 0 unspecified atom stereocenters. The monoisotopic (exact) mass is 323 g/mol. The SMILES string of the molecule is O=C(COC(=O)Cc1ccc(Cl)cc1)NCC1CCCCC1. The number of hydrogen-bond acceptors (Lipinski definition) is 3. The summed E-state index contributed by atoms with van der Waals surface area (Å²) in [5, 5.41) is 3.47. The van der Waals surface area contributed by atoms with Crippen molar-refractivity contribution in [3.63, 3.8) is 0 Å². The van der Waals surface area contributed by atoms with Crippen LogP contribution in [-0.2, 0) is 20.7 Å². The van der Waals surface area contributed by atoms with E-state index in [1.165, 1.54) is 32.1 Å². The van der Waals surface area contributed by atoms with Gasteiger partial charge in [0.25, 0.3) is 5.91 Å². The third kappa shape index (κ3) is 6.06. The highest BCUT2D eigenvalue weighted by molar-refractivity contribution is 6.30. The van der Waals surface area contributed by atoms with Crippen molar-refractivity contribution in [1.82, 2.24) is 5.32 Å². The lowest BCUT2D eigenvalue weighted by Gasteiger charge is -2.21. The van der Waals surface area contributed by atoms with Crippen LogP contribution < -0.4 is 5.32 Å². The highest BCUT2D eigenvalue weighted by atomic mass is 35.5. The third-order valence-electron chi connectivity index (χ3n) is 3.94. The number of halogens is 1. The van der Waals surface area contributed by atoms with Crippen LogP contribution in [0.5, 0.6) is 0 Å². The molecule has 0 heterocycles. The maximum atomic E-state index is 11.7. The Labute approximate surface area is 136 Å². The highest BCUT2D eigenvalue weighted by Crippen LogP contribution is 2.22. The Balaban J connectivity index is 1.62. The maximum absolute atomic E-state index is 11.7. The van der Waals surface area contributed by atoms with E-state index in [2.05, 4.69) is 5.32 Å². The van der Waals surface area contributed by atoms with Gasteiger partial charge in [0.15, 0.2) is 6.61 Å². The van der Waals surface area contributed by atoms with Gasteiger partial charge < -0.3 is 10.1 Å². The molecule has 0 radical (unpaired) electrons. The van der Waals surface area contributed by atoms with Gasteiger partial charge in [0.2, 0.25) is 0 Å². The Kier molecular flexibility index (Phi) is 6.72. The molecule has 1 fully saturated rings. The van der Waals surface area contributed by atoms with Gasteiger partial charge in [-0.15, -0.1) is 0 Å². The normalized spacial score (nSPS) is 15.3. The molecule has 1 N–H and O–H groups in total. The van der Waals surface area contributed by atoms with Gasteiger partial charge >= 0.3 is 5.97 Å². The standard InChI is InChI=1S/C17H22ClNO3/c18-15-8-6-13(7-9-15)10-17(21)22-12-16(20)19-11-14-4-2-1-3-5-14/h6-9,14H,1-5,10-12H2,(H,19,20). The van der Waals surface area contributed by atoms with Crippen LogP contribution in [0.4, 0.5) is 0 Å². The van der Waals surface area contributed by atoms with E-state index in [1.807, 2.05) is 0 Å². The van der Waals surface area contributed by atoms with Gasteiger partial charge in [-0.1, -0.05) is 43.0 Å². The Morgan fingerprint density at radius 1 is 1.14 bits per heavy atom. The second-order valence-corrected chi connectivity index (χ2v) is 6.21. The molecule has 22 heavy (non-hydrogen) atoms. The van der Waals surface area contributed by atoms with Gasteiger partial charge in [-0.3, -0.25) is 9.59 Å². The lowest BCUT2D eigenvalue weighted by Crippen LogP contribution is -2.33. The summed E-state index contributed by atoms with van der Waals surface area (Å²) in [6.07, 6.45) is 6.29. The average Bonchev–Trinajstić information content (AvgIpc) is 2.54. The van der Waals surface area contributed by atoms with Crippen LogP contribution >= 0.6 is 11.6 Å². The average molecular weight is 324 g/mol. The molecule has 1 amide bonds. The second-order valence-electron chi connectivity index (χ2n) is 5.77. The van der Waals surface area contributed by atoms with E-state index in [1.54, 1.807) is 24.3 Å². The fourth-order valence-electron chi connectivity index (χ4n) is 2.67. The van der Waals surface area contributed by atoms with Crippen LogP contribution in [0.25, 0.3) is 0 Å². The highest BCUT2D eigenvalue weighted by Gasteiger charge is 2.15. The summed E-state index contributed by atoms with van der Waals surface area (Å²) >= 11 is 5.78. The molecule has 0 atom stereocenters. The fourth-order valence-corrected chi connectivity index (χ4v) is 2.79. The Morgan fingerprint density at radius 3 is 2.50 bits per heavy atom. The van der Waals surface area contributed by atoms with Crippen molar-refractivity contribution in [2.75, 3.05) is 13.2 Å². The number of benzene rings is 1. The van der Waals surface area contributed by atoms with Crippen LogP contribution in [0.3, 0.4) is 0 Å². The van der Waals surface area contributed by atoms with Gasteiger partial charge in [0.1, 0.15) is 0 Å². The van der Waals surface area contributed by atoms with Gasteiger partial charge in [0, 0.05) is 11.6 Å². The Bertz CT molecular complexity index is 495. The van der Waals surface area contributed by atoms with Crippen LogP contribution in [-0.4, -0.2) is 25.0 Å². The second kappa shape index (κ2) is 8.79. The summed E-state index contributed by atoms with van der Waals surface area (Å²) < 4.78 is 4.99. The Morgan fingerprint density at radius 2 is 1.82 bits per heavy atom. The number of hydrogen-bond donors (Lipinski definition) is 1. The van der Waals surface area contributed by atoms with Crippen LogP contribution in [0.15, 0.2) is 24.3 Å². The molecule has 4 nitrogen and oxygen atoms in total. The maximum Gasteiger partial charge on any atom is 0.310 e. The first-order chi connectivity index (χ1) is 10.6. The van der Waals surface area contributed by atoms with Crippen LogP contribution in [0.2, 0.25) is 5.02 Å². The molecule has 0 saturated heterocycles. The fraction of sp³-hybridized carbons (Fsp3) is 0.529. The number of esters is 1. The molecule has 1 saturated carbocycles. The van der Waals surface area contributed by atoms with Gasteiger partial charge in [-0.05, 0) is 36.5 Å². The molecule has 2 rings (SSSR count). The lowest BCUT2D eigenvalue weighted by molar-refractivity contribution is -0.147. The molecule has 1 aromatic rings. The summed E-state index contributed by atoms with van der Waals surface area (Å²) in [6.45, 7) is 0.479. The molecular weight excluding hydrogens is 302 g/mol. The van der Waals surface area contributed by atoms with Gasteiger partial charge in [-0.25, -0.2) is 0 Å². The lowest BCUT2D eigenvalue weighted by atomic mass is 9.89. The van der Waals surface area contributed by atoms with E-state index in [0.29, 0.717) is 17.5 Å². The first kappa shape index (κ1) is 16.8. The van der Waals surface area contributed by atoms with Crippen molar-refractivity contribution in [1.29, 1.82) is 0 Å². The molecule has 0 bridgehead atoms. The minimum absolute atomic E-state index is 0.146. The summed E-state index contributed by atoms with van der Waals surface area (Å²) in [5.41, 5.74) is 0.817. The Hall–Kier alpha value is -1.55. The molecule has 0 aliphatic heterocycles. The van der Waals surface area contributed by atoms with Gasteiger partial charge in [0.05, 0.1) is 6.42 Å². The number of carbonyl (C=O) groups excluding carboxylic acids is 2. The minimum atomic E-state index is -0.407. The minimum Gasteiger partial charge on any atom is -0.455 e. The summed E-state index contributed by atoms with van der Waals surface area (Å²) in [5.74, 6) is -0.0624. The zero-order valence-electron chi connectivity index (χ0n) is 12.6. The molecule has 1 aliphatic carbocycles. The van der Waals surface area contributed by atoms with E-state index >= 15 is 0 Å². The van der Waals surface area contributed by atoms with Crippen molar-refractivity contribution in [2.24, 2.45) is 5.92 Å². The van der Waals surface area contributed by atoms with Crippen molar-refractivity contribution in [2.45, 2.75) is 38.5 Å². The molecule has 0 spiro atoms. The van der Waals surface area contributed by atoms with E-state index < -0.39 is 5.97 Å². The molecule has 1 aromatic carbocycles. The first-order valence-corrected chi connectivity index (χ1v) is 8.18. The summed E-state index contributed by atoms with van der Waals surface area (Å²) in [4.78, 5) is 23.4. The number of ether oxygens (including phenoxy) is 1. The number of nitrogens with one attached hydrogen (secondary N) is 1. The number of carbonyl (C=O) groups is 2. The summed E-state index contributed by atoms with van der Waals surface area (Å²) in [7, 11) is 0. The number of amides is 1. The summed E-state index contributed by atoms with van der Waals surface area (Å²) in [6, 6.07) is 6.99. The predicted molar refractivity (Wildman–Crippen MR) is 85.7 cm³/mol. The van der Waals surface area contributed by atoms with Gasteiger partial charge in [-0.2, -0.15) is 0 Å². The predicted octanol–water partition coefficient (Wildman–Crippen LogP) is 3.12. The molecular formula is C17H22ClNO3. The van der Waals surface area contributed by atoms with Crippen LogP contribution in [0.1, 0.15) is 37.7 Å². The van der Waals surface area contributed by atoms with Crippen molar-refractivity contribution >= 4 is 23.5 Å². The van der Waals surface area contributed by atoms with E-state index in [9.17, 15) is 9.59 Å². The van der Waals surface area contributed by atoms with E-state index in [4.69, 9.17) is 16.3 Å². The van der Waals surface area contributed by atoms with Crippen LogP contribution in [0, 0.1) is 5.92 Å². The smallest absolute Gasteiger partial charge is 0.310 e. The third-order valence-corrected chi connectivity index (χ3v) is 4.19. The quantitative estimate of drug-likeness (QED) is 0.818. The van der Waals surface area contributed by atoms with Crippen molar-refractivity contribution in [3.8, 4) is 0 Å². The largest absolute Gasteiger partial charge is 0.455 e. The molecule has 0 aromatic heterocycles. The molecule has 1 aliphatic rings. The van der Waals surface area contributed by atoms with E-state index in [-0.39, 0.29) is 18.9 Å². The van der Waals surface area contributed by atoms with Crippen molar-refractivity contribution < 1.29 is 14.3 Å². The zero-order chi connectivity index (χ0) is 15.8. The number of rotatable bonds is 6. The molecule has 120 valence electrons. The van der Waals surface area contributed by atoms with E-state index in [0.717, 1.165) is 5.56 Å². The molecule has 5 heteroatoms.